The summed E-state index contributed by atoms with van der Waals surface area (Å²) in [7, 11) is 0. The van der Waals surface area contributed by atoms with E-state index in [1.807, 2.05) is 4.90 Å². The highest BCUT2D eigenvalue weighted by Gasteiger charge is 2.25. The van der Waals surface area contributed by atoms with Gasteiger partial charge in [-0.05, 0) is 38.6 Å². The van der Waals surface area contributed by atoms with E-state index in [1.165, 1.54) is 0 Å². The van der Waals surface area contributed by atoms with Crippen molar-refractivity contribution in [3.05, 3.63) is 0 Å². The van der Waals surface area contributed by atoms with Crippen molar-refractivity contribution in [1.82, 2.24) is 10.2 Å². The highest BCUT2D eigenvalue weighted by atomic mass is 16.5. The number of carbonyl (C=O) groups is 1. The average Bonchev–Trinajstić information content (AvgIpc) is 2.40. The summed E-state index contributed by atoms with van der Waals surface area (Å²) in [6.45, 7) is 2.68. The number of nitrogens with zero attached hydrogens (tertiary/aromatic N) is 2. The van der Waals surface area contributed by atoms with Crippen molar-refractivity contribution in [1.29, 1.82) is 5.26 Å². The third-order valence-corrected chi connectivity index (χ3v) is 3.70. The van der Waals surface area contributed by atoms with Crippen molar-refractivity contribution in [2.75, 3.05) is 26.3 Å². The van der Waals surface area contributed by atoms with Crippen LogP contribution < -0.4 is 5.32 Å². The SMILES string of the molecule is N#CC1CCCCN1CC(=O)NC1CCOCC1. The zero-order valence-electron chi connectivity index (χ0n) is 10.7. The molecule has 0 aromatic carbocycles. The molecule has 5 nitrogen and oxygen atoms in total. The molecule has 0 saturated carbocycles. The summed E-state index contributed by atoms with van der Waals surface area (Å²) >= 11 is 0. The molecular weight excluding hydrogens is 230 g/mol. The fourth-order valence-corrected chi connectivity index (χ4v) is 2.63. The molecule has 2 rings (SSSR count). The van der Waals surface area contributed by atoms with Crippen LogP contribution in [0.25, 0.3) is 0 Å². The third kappa shape index (κ3) is 3.69. The van der Waals surface area contributed by atoms with Gasteiger partial charge in [-0.2, -0.15) is 5.26 Å². The van der Waals surface area contributed by atoms with Gasteiger partial charge in [0, 0.05) is 19.3 Å². The minimum absolute atomic E-state index is 0.0454. The van der Waals surface area contributed by atoms with Gasteiger partial charge >= 0.3 is 0 Å². The minimum Gasteiger partial charge on any atom is -0.381 e. The van der Waals surface area contributed by atoms with E-state index >= 15 is 0 Å². The van der Waals surface area contributed by atoms with Crippen molar-refractivity contribution in [3.63, 3.8) is 0 Å². The molecule has 1 atom stereocenters. The molecule has 0 aromatic rings. The molecule has 1 unspecified atom stereocenters. The Labute approximate surface area is 108 Å². The number of nitriles is 1. The molecule has 0 radical (unpaired) electrons. The van der Waals surface area contributed by atoms with Gasteiger partial charge in [0.05, 0.1) is 18.7 Å². The third-order valence-electron chi connectivity index (χ3n) is 3.70. The van der Waals surface area contributed by atoms with Gasteiger partial charge in [0.25, 0.3) is 0 Å². The van der Waals surface area contributed by atoms with Crippen molar-refractivity contribution >= 4 is 5.91 Å². The molecule has 0 spiro atoms. The lowest BCUT2D eigenvalue weighted by Gasteiger charge is -2.31. The molecule has 18 heavy (non-hydrogen) atoms. The molecule has 1 N–H and O–H groups in total. The van der Waals surface area contributed by atoms with Crippen LogP contribution in [-0.2, 0) is 9.53 Å². The van der Waals surface area contributed by atoms with Gasteiger partial charge in [-0.15, -0.1) is 0 Å². The minimum atomic E-state index is -0.0841. The number of rotatable bonds is 3. The van der Waals surface area contributed by atoms with Gasteiger partial charge in [0.1, 0.15) is 0 Å². The zero-order valence-corrected chi connectivity index (χ0v) is 10.7. The highest BCUT2D eigenvalue weighted by molar-refractivity contribution is 5.78. The van der Waals surface area contributed by atoms with Crippen molar-refractivity contribution in [2.45, 2.75) is 44.2 Å². The number of hydrogen-bond donors (Lipinski definition) is 1. The van der Waals surface area contributed by atoms with E-state index in [4.69, 9.17) is 10.00 Å². The quantitative estimate of drug-likeness (QED) is 0.800. The van der Waals surface area contributed by atoms with Crippen molar-refractivity contribution < 1.29 is 9.53 Å². The number of amides is 1. The summed E-state index contributed by atoms with van der Waals surface area (Å²) in [5.41, 5.74) is 0. The molecule has 100 valence electrons. The van der Waals surface area contributed by atoms with Gasteiger partial charge in [-0.25, -0.2) is 0 Å². The summed E-state index contributed by atoms with van der Waals surface area (Å²) in [5.74, 6) is 0.0454. The molecule has 0 aliphatic carbocycles. The number of carbonyl (C=O) groups excluding carboxylic acids is 1. The van der Waals surface area contributed by atoms with Gasteiger partial charge < -0.3 is 10.1 Å². The first kappa shape index (κ1) is 13.3. The molecule has 2 fully saturated rings. The highest BCUT2D eigenvalue weighted by Crippen LogP contribution is 2.15. The fraction of sp³-hybridized carbons (Fsp3) is 0.846. The van der Waals surface area contributed by atoms with E-state index < -0.39 is 0 Å². The topological polar surface area (TPSA) is 65.4 Å². The second-order valence-electron chi connectivity index (χ2n) is 5.07. The van der Waals surface area contributed by atoms with Gasteiger partial charge in [0.2, 0.25) is 5.91 Å². The smallest absolute Gasteiger partial charge is 0.234 e. The first-order valence-corrected chi connectivity index (χ1v) is 6.80. The molecular formula is C13H21N3O2. The molecule has 0 aromatic heterocycles. The van der Waals surface area contributed by atoms with Crippen LogP contribution in [0, 0.1) is 11.3 Å². The second kappa shape index (κ2) is 6.72. The van der Waals surface area contributed by atoms with Crippen LogP contribution in [0.4, 0.5) is 0 Å². The van der Waals surface area contributed by atoms with E-state index in [1.54, 1.807) is 0 Å². The Bertz CT molecular complexity index is 321. The van der Waals surface area contributed by atoms with Gasteiger partial charge in [-0.3, -0.25) is 9.69 Å². The largest absolute Gasteiger partial charge is 0.381 e. The summed E-state index contributed by atoms with van der Waals surface area (Å²) in [6, 6.07) is 2.45. The molecule has 2 heterocycles. The van der Waals surface area contributed by atoms with Gasteiger partial charge in [-0.1, -0.05) is 0 Å². The Kier molecular flexibility index (Phi) is 4.97. The first-order chi connectivity index (χ1) is 8.79. The number of likely N-dealkylation sites (tertiary alicyclic amines) is 1. The van der Waals surface area contributed by atoms with Crippen molar-refractivity contribution in [2.24, 2.45) is 0 Å². The number of piperidine rings is 1. The molecule has 1 amide bonds. The predicted molar refractivity (Wildman–Crippen MR) is 66.8 cm³/mol. The Morgan fingerprint density at radius 2 is 2.11 bits per heavy atom. The first-order valence-electron chi connectivity index (χ1n) is 6.80. The van der Waals surface area contributed by atoms with E-state index in [0.29, 0.717) is 6.54 Å². The maximum Gasteiger partial charge on any atom is 0.234 e. The van der Waals surface area contributed by atoms with Crippen LogP contribution in [0.2, 0.25) is 0 Å². The van der Waals surface area contributed by atoms with Crippen LogP contribution in [0.3, 0.4) is 0 Å². The van der Waals surface area contributed by atoms with Crippen molar-refractivity contribution in [3.8, 4) is 6.07 Å². The second-order valence-corrected chi connectivity index (χ2v) is 5.07. The summed E-state index contributed by atoms with van der Waals surface area (Å²) in [6.07, 6.45) is 4.86. The van der Waals surface area contributed by atoms with Crippen LogP contribution >= 0.6 is 0 Å². The zero-order chi connectivity index (χ0) is 12.8. The Hall–Kier alpha value is -1.12. The Balaban J connectivity index is 1.77. The lowest BCUT2D eigenvalue weighted by atomic mass is 10.0. The standard InChI is InChI=1S/C13H21N3O2/c14-9-12-3-1-2-6-16(12)10-13(17)15-11-4-7-18-8-5-11/h11-12H,1-8,10H2,(H,15,17). The Morgan fingerprint density at radius 1 is 1.33 bits per heavy atom. The van der Waals surface area contributed by atoms with Gasteiger partial charge in [0.15, 0.2) is 0 Å². The maximum absolute atomic E-state index is 11.9. The number of ether oxygens (including phenoxy) is 1. The molecule has 2 aliphatic heterocycles. The molecule has 2 aliphatic rings. The van der Waals surface area contributed by atoms with E-state index in [2.05, 4.69) is 11.4 Å². The van der Waals surface area contributed by atoms with E-state index in [0.717, 1.165) is 51.9 Å². The Morgan fingerprint density at radius 3 is 2.83 bits per heavy atom. The summed E-state index contributed by atoms with van der Waals surface area (Å²) < 4.78 is 5.26. The molecule has 5 heteroatoms. The molecule has 0 bridgehead atoms. The fourth-order valence-electron chi connectivity index (χ4n) is 2.63. The van der Waals surface area contributed by atoms with Crippen LogP contribution in [0.15, 0.2) is 0 Å². The number of hydrogen-bond acceptors (Lipinski definition) is 4. The lowest BCUT2D eigenvalue weighted by molar-refractivity contribution is -0.124. The van der Waals surface area contributed by atoms with Crippen LogP contribution in [0.1, 0.15) is 32.1 Å². The van der Waals surface area contributed by atoms with Crippen LogP contribution in [-0.4, -0.2) is 49.2 Å². The molecule has 2 saturated heterocycles. The number of nitrogens with one attached hydrogen (secondary N) is 1. The average molecular weight is 251 g/mol. The summed E-state index contributed by atoms with van der Waals surface area (Å²) in [4.78, 5) is 13.9. The lowest BCUT2D eigenvalue weighted by Crippen LogP contribution is -2.48. The predicted octanol–water partition coefficient (Wildman–Crippen LogP) is 0.660. The monoisotopic (exact) mass is 251 g/mol. The van der Waals surface area contributed by atoms with Crippen LogP contribution in [0.5, 0.6) is 0 Å². The normalized spacial score (nSPS) is 26.5. The van der Waals surface area contributed by atoms with E-state index in [9.17, 15) is 4.79 Å². The van der Waals surface area contributed by atoms with E-state index in [-0.39, 0.29) is 18.0 Å². The maximum atomic E-state index is 11.9. The summed E-state index contributed by atoms with van der Waals surface area (Å²) in [5, 5.41) is 12.1.